The molecule has 1 saturated heterocycles. The SMILES string of the molecule is CNC1CCN(c2ccc3n[nH]c(=O)n3n2)C1. The maximum absolute atomic E-state index is 11.4. The smallest absolute Gasteiger partial charge is 0.354 e. The van der Waals surface area contributed by atoms with Crippen molar-refractivity contribution < 1.29 is 0 Å². The summed E-state index contributed by atoms with van der Waals surface area (Å²) >= 11 is 0. The maximum atomic E-state index is 11.4. The molecular weight excluding hydrogens is 220 g/mol. The first-order valence-electron chi connectivity index (χ1n) is 5.64. The van der Waals surface area contributed by atoms with Crippen molar-refractivity contribution in [2.75, 3.05) is 25.0 Å². The summed E-state index contributed by atoms with van der Waals surface area (Å²) in [5, 5.41) is 13.8. The van der Waals surface area contributed by atoms with Gasteiger partial charge in [-0.3, -0.25) is 0 Å². The normalized spacial score (nSPS) is 20.3. The summed E-state index contributed by atoms with van der Waals surface area (Å²) in [6.07, 6.45) is 1.09. The molecule has 3 heterocycles. The molecule has 0 spiro atoms. The van der Waals surface area contributed by atoms with Crippen LogP contribution in [0.4, 0.5) is 5.82 Å². The molecule has 1 atom stereocenters. The summed E-state index contributed by atoms with van der Waals surface area (Å²) < 4.78 is 1.29. The van der Waals surface area contributed by atoms with Crippen LogP contribution < -0.4 is 15.9 Å². The zero-order chi connectivity index (χ0) is 11.8. The van der Waals surface area contributed by atoms with Gasteiger partial charge < -0.3 is 10.2 Å². The molecule has 0 amide bonds. The second-order valence-corrected chi connectivity index (χ2v) is 4.21. The lowest BCUT2D eigenvalue weighted by atomic mass is 10.3. The molecule has 0 saturated carbocycles. The van der Waals surface area contributed by atoms with E-state index in [9.17, 15) is 4.79 Å². The third kappa shape index (κ3) is 1.68. The van der Waals surface area contributed by atoms with Gasteiger partial charge in [-0.2, -0.15) is 9.61 Å². The number of hydrogen-bond acceptors (Lipinski definition) is 5. The third-order valence-electron chi connectivity index (χ3n) is 3.18. The molecule has 2 aromatic heterocycles. The van der Waals surface area contributed by atoms with E-state index in [4.69, 9.17) is 0 Å². The monoisotopic (exact) mass is 234 g/mol. The topological polar surface area (TPSA) is 78.3 Å². The Hall–Kier alpha value is -1.89. The van der Waals surface area contributed by atoms with Crippen molar-refractivity contribution in [3.63, 3.8) is 0 Å². The fourth-order valence-electron chi connectivity index (χ4n) is 2.17. The van der Waals surface area contributed by atoms with Crippen molar-refractivity contribution in [1.82, 2.24) is 25.1 Å². The molecule has 2 aromatic rings. The average molecular weight is 234 g/mol. The number of fused-ring (bicyclic) bond motifs is 1. The predicted octanol–water partition coefficient (Wildman–Crippen LogP) is -0.784. The number of aromatic nitrogens is 4. The van der Waals surface area contributed by atoms with Crippen LogP contribution in [-0.2, 0) is 0 Å². The molecule has 1 fully saturated rings. The van der Waals surface area contributed by atoms with Crippen molar-refractivity contribution in [2.24, 2.45) is 0 Å². The molecule has 1 unspecified atom stereocenters. The van der Waals surface area contributed by atoms with E-state index in [1.807, 2.05) is 13.1 Å². The molecule has 1 aliphatic heterocycles. The Balaban J connectivity index is 1.95. The van der Waals surface area contributed by atoms with Gasteiger partial charge in [0.1, 0.15) is 5.82 Å². The number of nitrogens with one attached hydrogen (secondary N) is 2. The zero-order valence-corrected chi connectivity index (χ0v) is 9.55. The molecule has 0 radical (unpaired) electrons. The van der Waals surface area contributed by atoms with Gasteiger partial charge in [-0.25, -0.2) is 9.89 Å². The van der Waals surface area contributed by atoms with Gasteiger partial charge in [0.15, 0.2) is 5.65 Å². The first-order chi connectivity index (χ1) is 8.28. The lowest BCUT2D eigenvalue weighted by Gasteiger charge is -2.16. The van der Waals surface area contributed by atoms with E-state index < -0.39 is 0 Å². The van der Waals surface area contributed by atoms with E-state index in [0.29, 0.717) is 11.7 Å². The minimum atomic E-state index is -0.300. The van der Waals surface area contributed by atoms with Crippen LogP contribution in [0.25, 0.3) is 5.65 Å². The Morgan fingerprint density at radius 3 is 3.18 bits per heavy atom. The van der Waals surface area contributed by atoms with Gasteiger partial charge in [-0.1, -0.05) is 0 Å². The van der Waals surface area contributed by atoms with Gasteiger partial charge in [0.05, 0.1) is 0 Å². The zero-order valence-electron chi connectivity index (χ0n) is 9.55. The Bertz CT molecular complexity index is 588. The summed E-state index contributed by atoms with van der Waals surface area (Å²) in [6, 6.07) is 4.19. The third-order valence-corrected chi connectivity index (χ3v) is 3.18. The van der Waals surface area contributed by atoms with Crippen molar-refractivity contribution in [2.45, 2.75) is 12.5 Å². The highest BCUT2D eigenvalue weighted by Crippen LogP contribution is 2.17. The van der Waals surface area contributed by atoms with Crippen LogP contribution in [0.5, 0.6) is 0 Å². The van der Waals surface area contributed by atoms with Gasteiger partial charge in [-0.15, -0.1) is 5.10 Å². The van der Waals surface area contributed by atoms with Crippen molar-refractivity contribution in [1.29, 1.82) is 0 Å². The molecule has 0 aliphatic carbocycles. The van der Waals surface area contributed by atoms with E-state index in [1.54, 1.807) is 6.07 Å². The summed E-state index contributed by atoms with van der Waals surface area (Å²) in [7, 11) is 1.96. The number of H-pyrrole nitrogens is 1. The van der Waals surface area contributed by atoms with Crippen LogP contribution in [0.2, 0.25) is 0 Å². The van der Waals surface area contributed by atoms with Crippen molar-refractivity contribution >= 4 is 11.5 Å². The van der Waals surface area contributed by atoms with Crippen molar-refractivity contribution in [3.8, 4) is 0 Å². The molecule has 17 heavy (non-hydrogen) atoms. The summed E-state index contributed by atoms with van der Waals surface area (Å²) in [5.74, 6) is 0.818. The molecule has 0 bridgehead atoms. The molecule has 90 valence electrons. The highest BCUT2D eigenvalue weighted by Gasteiger charge is 2.22. The van der Waals surface area contributed by atoms with Gasteiger partial charge in [0.2, 0.25) is 0 Å². The Morgan fingerprint density at radius 1 is 1.53 bits per heavy atom. The second-order valence-electron chi connectivity index (χ2n) is 4.21. The van der Waals surface area contributed by atoms with Crippen LogP contribution >= 0.6 is 0 Å². The first kappa shape index (κ1) is 10.3. The Labute approximate surface area is 97.4 Å². The van der Waals surface area contributed by atoms with Gasteiger partial charge >= 0.3 is 5.69 Å². The number of rotatable bonds is 2. The van der Waals surface area contributed by atoms with E-state index in [0.717, 1.165) is 25.3 Å². The fraction of sp³-hybridized carbons (Fsp3) is 0.500. The molecule has 1 aliphatic rings. The molecule has 7 heteroatoms. The van der Waals surface area contributed by atoms with Crippen LogP contribution in [0.1, 0.15) is 6.42 Å². The van der Waals surface area contributed by atoms with Gasteiger partial charge in [-0.05, 0) is 25.6 Å². The average Bonchev–Trinajstić information content (AvgIpc) is 2.96. The lowest BCUT2D eigenvalue weighted by molar-refractivity contribution is 0.616. The van der Waals surface area contributed by atoms with Crippen molar-refractivity contribution in [3.05, 3.63) is 22.6 Å². The summed E-state index contributed by atoms with van der Waals surface area (Å²) in [6.45, 7) is 1.87. The molecule has 3 rings (SSSR count). The largest absolute Gasteiger partial charge is 0.364 e. The number of anilines is 1. The number of hydrogen-bond donors (Lipinski definition) is 2. The fourth-order valence-corrected chi connectivity index (χ4v) is 2.17. The lowest BCUT2D eigenvalue weighted by Crippen LogP contribution is -2.30. The number of aromatic amines is 1. The van der Waals surface area contributed by atoms with Crippen LogP contribution in [0.15, 0.2) is 16.9 Å². The number of likely N-dealkylation sites (N-methyl/N-ethyl adjacent to an activating group) is 1. The highest BCUT2D eigenvalue weighted by atomic mass is 16.2. The minimum absolute atomic E-state index is 0.300. The second kappa shape index (κ2) is 3.85. The van der Waals surface area contributed by atoms with E-state index in [-0.39, 0.29) is 5.69 Å². The molecule has 7 nitrogen and oxygen atoms in total. The summed E-state index contributed by atoms with van der Waals surface area (Å²) in [4.78, 5) is 13.6. The minimum Gasteiger partial charge on any atom is -0.354 e. The molecular formula is C10H14N6O. The Morgan fingerprint density at radius 2 is 2.41 bits per heavy atom. The van der Waals surface area contributed by atoms with E-state index in [1.165, 1.54) is 4.52 Å². The highest BCUT2D eigenvalue weighted by molar-refractivity contribution is 5.45. The standard InChI is InChI=1S/C10H14N6O/c1-11-7-4-5-15(6-7)9-3-2-8-12-13-10(17)16(8)14-9/h2-3,7,11H,4-6H2,1H3,(H,13,17). The van der Waals surface area contributed by atoms with E-state index in [2.05, 4.69) is 25.5 Å². The number of nitrogens with zero attached hydrogens (tertiary/aromatic N) is 4. The quantitative estimate of drug-likeness (QED) is 0.712. The van der Waals surface area contributed by atoms with E-state index >= 15 is 0 Å². The first-order valence-corrected chi connectivity index (χ1v) is 5.64. The molecule has 0 aromatic carbocycles. The van der Waals surface area contributed by atoms with Crippen LogP contribution in [0, 0.1) is 0 Å². The van der Waals surface area contributed by atoms with Crippen LogP contribution in [-0.4, -0.2) is 46.0 Å². The predicted molar refractivity (Wildman–Crippen MR) is 63.3 cm³/mol. The van der Waals surface area contributed by atoms with Gasteiger partial charge in [0, 0.05) is 19.1 Å². The van der Waals surface area contributed by atoms with Crippen LogP contribution in [0.3, 0.4) is 0 Å². The molecule has 2 N–H and O–H groups in total. The Kier molecular flexibility index (Phi) is 2.32. The van der Waals surface area contributed by atoms with Gasteiger partial charge in [0.25, 0.3) is 0 Å². The summed E-state index contributed by atoms with van der Waals surface area (Å²) in [5.41, 5.74) is 0.245. The maximum Gasteiger partial charge on any atom is 0.364 e.